The predicted octanol–water partition coefficient (Wildman–Crippen LogP) is 3.99. The summed E-state index contributed by atoms with van der Waals surface area (Å²) in [6.45, 7) is 2.19. The van der Waals surface area contributed by atoms with Gasteiger partial charge in [0.05, 0.1) is 41.2 Å². The summed E-state index contributed by atoms with van der Waals surface area (Å²) in [6.07, 6.45) is 0. The maximum absolute atomic E-state index is 13.1. The number of nitriles is 1. The second-order valence-corrected chi connectivity index (χ2v) is 8.68. The standard InChI is InChI=1S/C24H21ClFN3O5S/c1-3-34-18-9-4-13(10-17(18)25)20-16(11-27)23(29-22(31)21(20)24(32)33-2)35-12-19(30)28-15-7-5-14(26)6-8-15/h4-10,20-21H,3,12H2,1-2H3,(H,28,30)(H,29,31)/t20-,21+/m1/s1. The molecule has 182 valence electrons. The highest BCUT2D eigenvalue weighted by Crippen LogP contribution is 2.42. The van der Waals surface area contributed by atoms with Gasteiger partial charge < -0.3 is 20.1 Å². The van der Waals surface area contributed by atoms with E-state index in [2.05, 4.69) is 16.7 Å². The maximum atomic E-state index is 13.1. The fraction of sp³-hybridized carbons (Fsp3) is 0.250. The van der Waals surface area contributed by atoms with Gasteiger partial charge in [-0.2, -0.15) is 5.26 Å². The minimum atomic E-state index is -1.33. The fourth-order valence-corrected chi connectivity index (χ4v) is 4.62. The molecule has 0 unspecified atom stereocenters. The van der Waals surface area contributed by atoms with Gasteiger partial charge in [0.1, 0.15) is 17.5 Å². The first-order valence-electron chi connectivity index (χ1n) is 10.4. The van der Waals surface area contributed by atoms with Crippen LogP contribution in [0.15, 0.2) is 53.1 Å². The number of halogens is 2. The molecule has 0 bridgehead atoms. The van der Waals surface area contributed by atoms with Crippen LogP contribution in [0.25, 0.3) is 0 Å². The molecule has 0 radical (unpaired) electrons. The van der Waals surface area contributed by atoms with Gasteiger partial charge in [0.2, 0.25) is 11.8 Å². The Morgan fingerprint density at radius 1 is 1.26 bits per heavy atom. The van der Waals surface area contributed by atoms with Crippen LogP contribution in [0.3, 0.4) is 0 Å². The van der Waals surface area contributed by atoms with E-state index in [9.17, 15) is 24.0 Å². The molecule has 8 nitrogen and oxygen atoms in total. The quantitative estimate of drug-likeness (QED) is 0.401. The number of hydrogen-bond acceptors (Lipinski definition) is 7. The highest BCUT2D eigenvalue weighted by molar-refractivity contribution is 8.03. The van der Waals surface area contributed by atoms with Crippen LogP contribution in [0.5, 0.6) is 5.75 Å². The zero-order chi connectivity index (χ0) is 25.5. The van der Waals surface area contributed by atoms with E-state index in [-0.39, 0.29) is 21.4 Å². The molecule has 2 atom stereocenters. The third kappa shape index (κ3) is 6.12. The Morgan fingerprint density at radius 2 is 1.97 bits per heavy atom. The average Bonchev–Trinajstić information content (AvgIpc) is 2.84. The molecule has 2 amide bonds. The van der Waals surface area contributed by atoms with Gasteiger partial charge in [0, 0.05) is 11.6 Å². The van der Waals surface area contributed by atoms with Crippen molar-refractivity contribution in [2.45, 2.75) is 12.8 Å². The van der Waals surface area contributed by atoms with Crippen LogP contribution in [0.4, 0.5) is 10.1 Å². The van der Waals surface area contributed by atoms with E-state index in [4.69, 9.17) is 21.1 Å². The molecule has 0 saturated carbocycles. The summed E-state index contributed by atoms with van der Waals surface area (Å²) in [5, 5.41) is 15.5. The van der Waals surface area contributed by atoms with Crippen LogP contribution in [0.1, 0.15) is 18.4 Å². The Morgan fingerprint density at radius 3 is 2.57 bits per heavy atom. The molecule has 0 aromatic heterocycles. The average molecular weight is 518 g/mol. The molecule has 2 aromatic rings. The number of methoxy groups -OCH3 is 1. The minimum absolute atomic E-state index is 0.0832. The molecule has 11 heteroatoms. The maximum Gasteiger partial charge on any atom is 0.319 e. The molecule has 1 aliphatic rings. The number of carbonyl (C=O) groups is 3. The van der Waals surface area contributed by atoms with Crippen molar-refractivity contribution in [1.82, 2.24) is 5.32 Å². The molecule has 2 N–H and O–H groups in total. The number of nitrogens with zero attached hydrogens (tertiary/aromatic N) is 1. The van der Waals surface area contributed by atoms with E-state index >= 15 is 0 Å². The monoisotopic (exact) mass is 517 g/mol. The summed E-state index contributed by atoms with van der Waals surface area (Å²) in [4.78, 5) is 37.8. The Hall–Kier alpha value is -3.55. The van der Waals surface area contributed by atoms with Gasteiger partial charge in [0.15, 0.2) is 0 Å². The van der Waals surface area contributed by atoms with Crippen molar-refractivity contribution in [3.8, 4) is 11.8 Å². The molecular weight excluding hydrogens is 497 g/mol. The molecule has 3 rings (SSSR count). The smallest absolute Gasteiger partial charge is 0.319 e. The van der Waals surface area contributed by atoms with Crippen LogP contribution in [-0.4, -0.2) is 37.3 Å². The largest absolute Gasteiger partial charge is 0.492 e. The summed E-state index contributed by atoms with van der Waals surface area (Å²) in [5.41, 5.74) is 0.917. The fourth-order valence-electron chi connectivity index (χ4n) is 3.53. The number of ether oxygens (including phenoxy) is 2. The van der Waals surface area contributed by atoms with Gasteiger partial charge in [-0.05, 0) is 48.9 Å². The van der Waals surface area contributed by atoms with Crippen molar-refractivity contribution in [1.29, 1.82) is 5.26 Å². The van der Waals surface area contributed by atoms with Crippen molar-refractivity contribution in [3.05, 3.63) is 69.5 Å². The van der Waals surface area contributed by atoms with Crippen LogP contribution < -0.4 is 15.4 Å². The van der Waals surface area contributed by atoms with Gasteiger partial charge in [-0.3, -0.25) is 14.4 Å². The van der Waals surface area contributed by atoms with Crippen LogP contribution >= 0.6 is 23.4 Å². The van der Waals surface area contributed by atoms with Crippen LogP contribution in [0, 0.1) is 23.1 Å². The molecule has 35 heavy (non-hydrogen) atoms. The third-order valence-corrected chi connectivity index (χ3v) is 6.39. The second-order valence-electron chi connectivity index (χ2n) is 7.29. The Bertz CT molecular complexity index is 1210. The van der Waals surface area contributed by atoms with E-state index in [1.54, 1.807) is 19.1 Å². The van der Waals surface area contributed by atoms with Crippen molar-refractivity contribution in [2.75, 3.05) is 24.8 Å². The predicted molar refractivity (Wildman–Crippen MR) is 129 cm³/mol. The van der Waals surface area contributed by atoms with Gasteiger partial charge >= 0.3 is 5.97 Å². The summed E-state index contributed by atoms with van der Waals surface area (Å²) in [6, 6.07) is 12.0. The number of thioether (sulfide) groups is 1. The zero-order valence-electron chi connectivity index (χ0n) is 18.8. The number of allylic oxidation sites excluding steroid dienone is 1. The first-order valence-corrected chi connectivity index (χ1v) is 11.8. The molecular formula is C24H21ClFN3O5S. The third-order valence-electron chi connectivity index (χ3n) is 5.07. The van der Waals surface area contributed by atoms with E-state index in [0.717, 1.165) is 18.9 Å². The van der Waals surface area contributed by atoms with E-state index in [1.807, 2.05) is 0 Å². The minimum Gasteiger partial charge on any atom is -0.492 e. The summed E-state index contributed by atoms with van der Waals surface area (Å²) in [7, 11) is 1.15. The lowest BCUT2D eigenvalue weighted by Gasteiger charge is -2.31. The molecule has 1 heterocycles. The van der Waals surface area contributed by atoms with Gasteiger partial charge in [-0.1, -0.05) is 29.4 Å². The molecule has 0 saturated heterocycles. The number of esters is 1. The van der Waals surface area contributed by atoms with Gasteiger partial charge in [-0.25, -0.2) is 4.39 Å². The number of rotatable bonds is 8. The molecule has 1 aliphatic heterocycles. The summed E-state index contributed by atoms with van der Waals surface area (Å²) in [5.74, 6) is -4.42. The zero-order valence-corrected chi connectivity index (χ0v) is 20.3. The SMILES string of the molecule is CCOc1ccc([C@@H]2C(C#N)=C(SCC(=O)Nc3ccc(F)cc3)NC(=O)[C@H]2C(=O)OC)cc1Cl. The lowest BCUT2D eigenvalue weighted by atomic mass is 9.78. The Balaban J connectivity index is 1.92. The number of nitrogens with one attached hydrogen (secondary N) is 2. The van der Waals surface area contributed by atoms with Gasteiger partial charge in [0.25, 0.3) is 0 Å². The van der Waals surface area contributed by atoms with Crippen molar-refractivity contribution >= 4 is 46.8 Å². The number of amides is 2. The van der Waals surface area contributed by atoms with Gasteiger partial charge in [-0.15, -0.1) is 0 Å². The topological polar surface area (TPSA) is 118 Å². The number of hydrogen-bond donors (Lipinski definition) is 2. The van der Waals surface area contributed by atoms with Crippen LogP contribution in [0.2, 0.25) is 5.02 Å². The Labute approximate surface area is 210 Å². The van der Waals surface area contributed by atoms with Crippen LogP contribution in [-0.2, 0) is 19.1 Å². The lowest BCUT2D eigenvalue weighted by Crippen LogP contribution is -2.44. The molecule has 0 aliphatic carbocycles. The van der Waals surface area contributed by atoms with Crippen molar-refractivity contribution in [3.63, 3.8) is 0 Å². The molecule has 0 spiro atoms. The van der Waals surface area contributed by atoms with E-state index in [0.29, 0.717) is 23.6 Å². The highest BCUT2D eigenvalue weighted by atomic mass is 35.5. The van der Waals surface area contributed by atoms with Crippen molar-refractivity contribution in [2.24, 2.45) is 5.92 Å². The second kappa shape index (κ2) is 11.7. The number of carbonyl (C=O) groups excluding carboxylic acids is 3. The number of anilines is 1. The first-order chi connectivity index (χ1) is 16.8. The number of benzene rings is 2. The van der Waals surface area contributed by atoms with Crippen molar-refractivity contribution < 1.29 is 28.2 Å². The first kappa shape index (κ1) is 26.1. The van der Waals surface area contributed by atoms with E-state index < -0.39 is 35.4 Å². The van der Waals surface area contributed by atoms with E-state index in [1.165, 1.54) is 30.3 Å². The lowest BCUT2D eigenvalue weighted by molar-refractivity contribution is -0.150. The molecule has 2 aromatic carbocycles. The molecule has 0 fully saturated rings. The normalized spacial score (nSPS) is 17.3. The summed E-state index contributed by atoms with van der Waals surface area (Å²) < 4.78 is 23.3. The summed E-state index contributed by atoms with van der Waals surface area (Å²) >= 11 is 7.25. The Kier molecular flexibility index (Phi) is 8.73. The highest BCUT2D eigenvalue weighted by Gasteiger charge is 2.44.